The fraction of sp³-hybridized carbons (Fsp3) is 0.675. The second kappa shape index (κ2) is 14.3. The molecule has 0 saturated heterocycles. The van der Waals surface area contributed by atoms with Crippen LogP contribution < -0.4 is 0 Å². The minimum absolute atomic E-state index is 0.0279. The number of ketones is 1. The Labute approximate surface area is 310 Å². The van der Waals surface area contributed by atoms with Gasteiger partial charge in [0.1, 0.15) is 30.5 Å². The first-order valence-corrected chi connectivity index (χ1v) is 18.4. The molecule has 1 heterocycles. The van der Waals surface area contributed by atoms with Gasteiger partial charge in [0.15, 0.2) is 5.60 Å². The maximum absolute atomic E-state index is 15.4. The quantitative estimate of drug-likeness (QED) is 0.200. The molecule has 0 amide bonds. The van der Waals surface area contributed by atoms with Gasteiger partial charge < -0.3 is 28.8 Å². The first-order chi connectivity index (χ1) is 24.7. The molecule has 0 bridgehead atoms. The lowest BCUT2D eigenvalue weighted by molar-refractivity contribution is -0.235. The summed E-state index contributed by atoms with van der Waals surface area (Å²) in [5.41, 5.74) is -6.62. The third-order valence-electron chi connectivity index (χ3n) is 12.4. The number of pyridine rings is 1. The van der Waals surface area contributed by atoms with Gasteiger partial charge in [-0.05, 0) is 74.8 Å². The van der Waals surface area contributed by atoms with E-state index < -0.39 is 106 Å². The summed E-state index contributed by atoms with van der Waals surface area (Å²) in [4.78, 5) is 86.9. The summed E-state index contributed by atoms with van der Waals surface area (Å²) in [5.74, 6) is -8.58. The average molecular weight is 740 g/mol. The monoisotopic (exact) mass is 739 g/mol. The molecule has 1 aromatic heterocycles. The number of aromatic nitrogens is 1. The number of carbonyl (C=O) groups excluding carboxylic acids is 6. The normalized spacial score (nSPS) is 36.9. The Morgan fingerprint density at radius 3 is 2.26 bits per heavy atom. The summed E-state index contributed by atoms with van der Waals surface area (Å²) >= 11 is 0. The molecule has 1 N–H and O–H groups in total. The Morgan fingerprint density at radius 2 is 1.70 bits per heavy atom. The van der Waals surface area contributed by atoms with Crippen molar-refractivity contribution in [3.05, 3.63) is 41.7 Å². The summed E-state index contributed by atoms with van der Waals surface area (Å²) in [5, 5.41) is 13.0. The Hall–Kier alpha value is -4.13. The van der Waals surface area contributed by atoms with Crippen molar-refractivity contribution in [2.45, 2.75) is 118 Å². The Balaban J connectivity index is 1.88. The van der Waals surface area contributed by atoms with Crippen LogP contribution in [0.25, 0.3) is 0 Å². The van der Waals surface area contributed by atoms with Crippen LogP contribution in [-0.2, 0) is 47.7 Å². The zero-order chi connectivity index (χ0) is 39.4. The summed E-state index contributed by atoms with van der Waals surface area (Å²) in [6.07, 6.45) is 0.340. The van der Waals surface area contributed by atoms with Gasteiger partial charge in [-0.15, -0.1) is 0 Å². The molecular formula is C40H53NO12. The van der Waals surface area contributed by atoms with Crippen LogP contribution >= 0.6 is 0 Å². The molecule has 0 aliphatic heterocycles. The Morgan fingerprint density at radius 1 is 1.02 bits per heavy atom. The number of Topliss-reactive ketones (excluding diaryl/α,β-unsaturated/α-hetero) is 1. The van der Waals surface area contributed by atoms with Crippen molar-refractivity contribution in [3.8, 4) is 0 Å². The minimum Gasteiger partial charge on any atom is -0.462 e. The molecular weight excluding hydrogens is 686 g/mol. The fourth-order valence-corrected chi connectivity index (χ4v) is 10.1. The van der Waals surface area contributed by atoms with Gasteiger partial charge in [0, 0.05) is 44.2 Å². The molecule has 1 aromatic rings. The number of rotatable bonds is 10. The van der Waals surface area contributed by atoms with E-state index in [4.69, 9.17) is 23.7 Å². The lowest BCUT2D eigenvalue weighted by atomic mass is 9.55. The summed E-state index contributed by atoms with van der Waals surface area (Å²) < 4.78 is 31.0. The first-order valence-electron chi connectivity index (χ1n) is 18.4. The summed E-state index contributed by atoms with van der Waals surface area (Å²) in [6, 6.07) is 3.06. The van der Waals surface area contributed by atoms with E-state index in [1.54, 1.807) is 19.9 Å². The number of ether oxygens (including phenoxy) is 5. The number of allylic oxidation sites excluding steroid dienone is 1. The number of esters is 5. The van der Waals surface area contributed by atoms with Crippen molar-refractivity contribution >= 4 is 35.6 Å². The molecule has 4 aliphatic carbocycles. The van der Waals surface area contributed by atoms with Crippen LogP contribution in [0.15, 0.2) is 36.2 Å². The molecule has 11 unspecified atom stereocenters. The van der Waals surface area contributed by atoms with E-state index in [9.17, 15) is 29.1 Å². The van der Waals surface area contributed by atoms with Gasteiger partial charge in [-0.1, -0.05) is 40.7 Å². The van der Waals surface area contributed by atoms with Crippen LogP contribution in [0.5, 0.6) is 0 Å². The van der Waals surface area contributed by atoms with Crippen molar-refractivity contribution in [1.29, 1.82) is 0 Å². The fourth-order valence-electron chi connectivity index (χ4n) is 10.1. The maximum Gasteiger partial charge on any atom is 0.339 e. The Kier molecular flexibility index (Phi) is 10.8. The molecule has 13 nitrogen and oxygen atoms in total. The number of nitrogens with zero attached hydrogens (tertiary/aromatic N) is 1. The van der Waals surface area contributed by atoms with Crippen LogP contribution in [0, 0.1) is 46.3 Å². The van der Waals surface area contributed by atoms with Crippen molar-refractivity contribution < 1.29 is 57.6 Å². The highest BCUT2D eigenvalue weighted by Gasteiger charge is 2.84. The number of fused-ring (bicyclic) bond motifs is 4. The van der Waals surface area contributed by atoms with E-state index in [-0.39, 0.29) is 42.2 Å². The van der Waals surface area contributed by atoms with E-state index in [1.807, 2.05) is 27.7 Å². The van der Waals surface area contributed by atoms with Gasteiger partial charge in [-0.25, -0.2) is 9.59 Å². The van der Waals surface area contributed by atoms with E-state index in [0.29, 0.717) is 0 Å². The van der Waals surface area contributed by atoms with Crippen molar-refractivity contribution in [1.82, 2.24) is 4.98 Å². The van der Waals surface area contributed by atoms with Crippen LogP contribution in [0.2, 0.25) is 0 Å². The molecule has 4 aliphatic rings. The topological polar surface area (TPSA) is 182 Å². The third-order valence-corrected chi connectivity index (χ3v) is 12.4. The SMILES string of the molecule is CC=C(C)C(=O)OC1C2C(OC(=O)CC(C)C)C(C)CC2(O)C(=O)C(C)(OC(C)=O)C2C3C(CC(OC(C)=O)C12COC(=O)c1cccnc1)C3(C)C. The predicted octanol–water partition coefficient (Wildman–Crippen LogP) is 4.58. The number of aliphatic hydroxyl groups is 1. The summed E-state index contributed by atoms with van der Waals surface area (Å²) in [7, 11) is 0. The van der Waals surface area contributed by atoms with Gasteiger partial charge in [0.25, 0.3) is 0 Å². The molecule has 4 saturated carbocycles. The van der Waals surface area contributed by atoms with Crippen molar-refractivity contribution in [2.75, 3.05) is 6.61 Å². The molecule has 0 radical (unpaired) electrons. The van der Waals surface area contributed by atoms with Crippen LogP contribution in [0.1, 0.15) is 98.9 Å². The van der Waals surface area contributed by atoms with E-state index in [0.717, 1.165) is 6.92 Å². The average Bonchev–Trinajstić information content (AvgIpc) is 3.52. The smallest absolute Gasteiger partial charge is 0.339 e. The minimum atomic E-state index is -2.39. The van der Waals surface area contributed by atoms with Crippen molar-refractivity contribution in [2.24, 2.45) is 46.3 Å². The van der Waals surface area contributed by atoms with Gasteiger partial charge in [0.05, 0.1) is 16.9 Å². The second-order valence-electron chi connectivity index (χ2n) is 16.7. The number of hydrogen-bond acceptors (Lipinski definition) is 13. The number of carbonyl (C=O) groups is 6. The van der Waals surface area contributed by atoms with E-state index in [1.165, 1.54) is 45.3 Å². The largest absolute Gasteiger partial charge is 0.462 e. The molecule has 4 fully saturated rings. The van der Waals surface area contributed by atoms with Crippen LogP contribution in [0.4, 0.5) is 0 Å². The second-order valence-corrected chi connectivity index (χ2v) is 16.7. The predicted molar refractivity (Wildman–Crippen MR) is 187 cm³/mol. The highest BCUT2D eigenvalue weighted by molar-refractivity contribution is 5.98. The van der Waals surface area contributed by atoms with Gasteiger partial charge in [0.2, 0.25) is 5.78 Å². The van der Waals surface area contributed by atoms with Gasteiger partial charge in [-0.2, -0.15) is 0 Å². The molecule has 13 heteroatoms. The number of hydrogen-bond donors (Lipinski definition) is 1. The van der Waals surface area contributed by atoms with E-state index >= 15 is 4.79 Å². The standard InChI is InChI=1S/C40H53NO12/c1-11-21(4)34(45)52-33-30-31(51-28(44)15-20(2)3)22(5)17-40(30,48)36(47)38(10,53-24(7)43)32-29-26(37(29,8)9)16-27(50-23(6)42)39(32,33)19-49-35(46)25-13-12-14-41-18-25/h11-14,18,20,22,26-27,29-33,48H,15-17,19H2,1-10H3. The van der Waals surface area contributed by atoms with Crippen molar-refractivity contribution in [3.63, 3.8) is 0 Å². The third kappa shape index (κ3) is 6.78. The Bertz CT molecular complexity index is 1690. The molecule has 290 valence electrons. The maximum atomic E-state index is 15.4. The highest BCUT2D eigenvalue weighted by Crippen LogP contribution is 2.76. The molecule has 11 atom stereocenters. The van der Waals surface area contributed by atoms with Crippen LogP contribution in [-0.4, -0.2) is 81.8 Å². The molecule has 5 rings (SSSR count). The lowest BCUT2D eigenvalue weighted by Crippen LogP contribution is -2.66. The molecule has 0 spiro atoms. The molecule has 0 aromatic carbocycles. The zero-order valence-electron chi connectivity index (χ0n) is 32.3. The first kappa shape index (κ1) is 40.1. The highest BCUT2D eigenvalue weighted by atomic mass is 16.6. The van der Waals surface area contributed by atoms with Crippen LogP contribution in [0.3, 0.4) is 0 Å². The van der Waals surface area contributed by atoms with Gasteiger partial charge in [-0.3, -0.25) is 24.2 Å². The molecule has 53 heavy (non-hydrogen) atoms. The van der Waals surface area contributed by atoms with Gasteiger partial charge >= 0.3 is 29.8 Å². The summed E-state index contributed by atoms with van der Waals surface area (Å²) in [6.45, 7) is 15.7. The zero-order valence-corrected chi connectivity index (χ0v) is 32.3. The lowest BCUT2D eigenvalue weighted by Gasteiger charge is -2.55. The van der Waals surface area contributed by atoms with E-state index in [2.05, 4.69) is 4.98 Å².